The maximum Gasteiger partial charge on any atom is 0.454 e. The van der Waals surface area contributed by atoms with Crippen LogP contribution in [0.3, 0.4) is 0 Å². The summed E-state index contributed by atoms with van der Waals surface area (Å²) in [6.07, 6.45) is -16.4. The number of rotatable bonds is 2. The minimum Gasteiger partial charge on any atom is -0.507 e. The molecule has 0 aromatic heterocycles. The van der Waals surface area contributed by atoms with Crippen molar-refractivity contribution in [3.05, 3.63) is 41.0 Å². The molecule has 1 N–H and O–H groups in total. The van der Waals surface area contributed by atoms with Crippen molar-refractivity contribution >= 4 is 11.5 Å². The van der Waals surface area contributed by atoms with E-state index in [1.54, 1.807) is 0 Å². The SMILES string of the molecule is O=C(/C=C(\O)c1cc(C(F)(F)F)cc(C(F)(F)F)c1)C(F)(F)F. The van der Waals surface area contributed by atoms with Crippen LogP contribution >= 0.6 is 0 Å². The number of benzene rings is 1. The number of ketones is 1. The van der Waals surface area contributed by atoms with Crippen LogP contribution in [0.1, 0.15) is 16.7 Å². The van der Waals surface area contributed by atoms with E-state index < -0.39 is 52.8 Å². The van der Waals surface area contributed by atoms with Crippen molar-refractivity contribution in [2.75, 3.05) is 0 Å². The molecule has 0 fully saturated rings. The number of allylic oxidation sites excluding steroid dienone is 1. The first-order valence-electron chi connectivity index (χ1n) is 5.44. The molecular formula is C12H5F9O2. The Kier molecular flexibility index (Phi) is 4.74. The summed E-state index contributed by atoms with van der Waals surface area (Å²) in [5.74, 6) is -4.31. The summed E-state index contributed by atoms with van der Waals surface area (Å²) in [5, 5.41) is 9.24. The average Bonchev–Trinajstić information content (AvgIpc) is 2.34. The van der Waals surface area contributed by atoms with Gasteiger partial charge >= 0.3 is 18.5 Å². The van der Waals surface area contributed by atoms with Gasteiger partial charge in [0, 0.05) is 11.6 Å². The van der Waals surface area contributed by atoms with Crippen molar-refractivity contribution in [1.82, 2.24) is 0 Å². The second-order valence-electron chi connectivity index (χ2n) is 4.19. The molecule has 0 radical (unpaired) electrons. The van der Waals surface area contributed by atoms with E-state index >= 15 is 0 Å². The van der Waals surface area contributed by atoms with E-state index in [2.05, 4.69) is 0 Å². The van der Waals surface area contributed by atoms with Gasteiger partial charge in [-0.3, -0.25) is 4.79 Å². The maximum atomic E-state index is 12.5. The molecule has 128 valence electrons. The molecule has 0 aliphatic carbocycles. The largest absolute Gasteiger partial charge is 0.507 e. The number of aliphatic hydroxyl groups is 1. The lowest BCUT2D eigenvalue weighted by Crippen LogP contribution is -2.20. The number of carbonyl (C=O) groups excluding carboxylic acids is 1. The van der Waals surface area contributed by atoms with Gasteiger partial charge in [0.05, 0.1) is 11.1 Å². The van der Waals surface area contributed by atoms with Crippen LogP contribution in [0.25, 0.3) is 5.76 Å². The van der Waals surface area contributed by atoms with Crippen LogP contribution < -0.4 is 0 Å². The van der Waals surface area contributed by atoms with Crippen LogP contribution in [-0.2, 0) is 17.1 Å². The van der Waals surface area contributed by atoms with E-state index in [4.69, 9.17) is 0 Å². The van der Waals surface area contributed by atoms with E-state index in [9.17, 15) is 49.4 Å². The number of hydrogen-bond acceptors (Lipinski definition) is 2. The summed E-state index contributed by atoms with van der Waals surface area (Å²) in [4.78, 5) is 10.6. The highest BCUT2D eigenvalue weighted by Gasteiger charge is 2.39. The van der Waals surface area contributed by atoms with Crippen LogP contribution in [-0.4, -0.2) is 17.1 Å². The van der Waals surface area contributed by atoms with Crippen molar-refractivity contribution in [3.8, 4) is 0 Å². The summed E-state index contributed by atoms with van der Waals surface area (Å²) in [6.45, 7) is 0. The minimum absolute atomic E-state index is 0.00920. The maximum absolute atomic E-state index is 12.5. The monoisotopic (exact) mass is 352 g/mol. The number of halogens is 9. The standard InChI is InChI=1S/C12H5F9O2/c13-10(14,15)6-1-5(2-7(3-6)11(16,17)18)8(22)4-9(23)12(19,20)21/h1-4,22H/b8-4-. The molecular weight excluding hydrogens is 347 g/mol. The Labute approximate surface area is 121 Å². The molecule has 1 aromatic carbocycles. The Bertz CT molecular complexity index is 603. The van der Waals surface area contributed by atoms with E-state index in [0.717, 1.165) is 0 Å². The lowest BCUT2D eigenvalue weighted by atomic mass is 10.0. The third-order valence-electron chi connectivity index (χ3n) is 2.43. The zero-order valence-corrected chi connectivity index (χ0v) is 10.6. The van der Waals surface area contributed by atoms with Gasteiger partial charge in [-0.25, -0.2) is 0 Å². The quantitative estimate of drug-likeness (QED) is 0.474. The Hall–Kier alpha value is -2.20. The zero-order valence-electron chi connectivity index (χ0n) is 10.6. The average molecular weight is 352 g/mol. The smallest absolute Gasteiger partial charge is 0.454 e. The van der Waals surface area contributed by atoms with Crippen LogP contribution in [0.4, 0.5) is 39.5 Å². The predicted octanol–water partition coefficient (Wildman–Crippen LogP) is 4.75. The second-order valence-corrected chi connectivity index (χ2v) is 4.19. The van der Waals surface area contributed by atoms with Crippen LogP contribution in [0.5, 0.6) is 0 Å². The zero-order chi connectivity index (χ0) is 18.2. The second kappa shape index (κ2) is 5.78. The van der Waals surface area contributed by atoms with E-state index in [-0.39, 0.29) is 18.2 Å². The number of hydrogen-bond donors (Lipinski definition) is 1. The molecule has 0 aliphatic rings. The molecule has 1 aromatic rings. The summed E-state index contributed by atoms with van der Waals surface area (Å²) >= 11 is 0. The van der Waals surface area contributed by atoms with Gasteiger partial charge in [-0.1, -0.05) is 0 Å². The molecule has 2 nitrogen and oxygen atoms in total. The fourth-order valence-corrected chi connectivity index (χ4v) is 1.39. The molecule has 0 saturated heterocycles. The van der Waals surface area contributed by atoms with E-state index in [0.29, 0.717) is 0 Å². The van der Waals surface area contributed by atoms with Crippen molar-refractivity contribution < 1.29 is 49.4 Å². The summed E-state index contributed by atoms with van der Waals surface area (Å²) in [6, 6.07) is -0.294. The molecule has 23 heavy (non-hydrogen) atoms. The van der Waals surface area contributed by atoms with E-state index in [1.165, 1.54) is 0 Å². The van der Waals surface area contributed by atoms with Gasteiger partial charge in [0.2, 0.25) is 0 Å². The van der Waals surface area contributed by atoms with Gasteiger partial charge in [0.1, 0.15) is 5.76 Å². The molecule has 0 saturated carbocycles. The van der Waals surface area contributed by atoms with Gasteiger partial charge in [0.25, 0.3) is 5.78 Å². The highest BCUT2D eigenvalue weighted by atomic mass is 19.4. The highest BCUT2D eigenvalue weighted by Crippen LogP contribution is 2.37. The highest BCUT2D eigenvalue weighted by molar-refractivity contribution is 5.99. The summed E-state index contributed by atoms with van der Waals surface area (Å²) < 4.78 is 111. The summed E-state index contributed by atoms with van der Waals surface area (Å²) in [5.41, 5.74) is -4.92. The molecule has 0 spiro atoms. The molecule has 1 rings (SSSR count). The van der Waals surface area contributed by atoms with Crippen molar-refractivity contribution in [2.45, 2.75) is 18.5 Å². The fourth-order valence-electron chi connectivity index (χ4n) is 1.39. The van der Waals surface area contributed by atoms with Crippen molar-refractivity contribution in [1.29, 1.82) is 0 Å². The third-order valence-corrected chi connectivity index (χ3v) is 2.43. The molecule has 0 heterocycles. The Morgan fingerprint density at radius 1 is 0.826 bits per heavy atom. The fraction of sp³-hybridized carbons (Fsp3) is 0.250. The van der Waals surface area contributed by atoms with Crippen molar-refractivity contribution in [2.24, 2.45) is 0 Å². The van der Waals surface area contributed by atoms with Gasteiger partial charge < -0.3 is 5.11 Å². The number of aliphatic hydroxyl groups excluding tert-OH is 1. The lowest BCUT2D eigenvalue weighted by molar-refractivity contribution is -0.165. The molecule has 0 bridgehead atoms. The molecule has 11 heteroatoms. The molecule has 0 amide bonds. The van der Waals surface area contributed by atoms with Gasteiger partial charge in [-0.2, -0.15) is 39.5 Å². The number of carbonyl (C=O) groups is 1. The van der Waals surface area contributed by atoms with E-state index in [1.807, 2.05) is 0 Å². The first-order valence-corrected chi connectivity index (χ1v) is 5.44. The van der Waals surface area contributed by atoms with Gasteiger partial charge in [-0.05, 0) is 18.2 Å². The first-order chi connectivity index (χ1) is 10.1. The Morgan fingerprint density at radius 3 is 1.52 bits per heavy atom. The number of alkyl halides is 9. The van der Waals surface area contributed by atoms with Crippen molar-refractivity contribution in [3.63, 3.8) is 0 Å². The molecule has 0 unspecified atom stereocenters. The van der Waals surface area contributed by atoms with Crippen LogP contribution in [0, 0.1) is 0 Å². The van der Waals surface area contributed by atoms with Crippen LogP contribution in [0.2, 0.25) is 0 Å². The molecule has 0 atom stereocenters. The minimum atomic E-state index is -5.44. The van der Waals surface area contributed by atoms with Gasteiger partial charge in [0.15, 0.2) is 0 Å². The predicted molar refractivity (Wildman–Crippen MR) is 58.1 cm³/mol. The normalized spacial score (nSPS) is 14.0. The first kappa shape index (κ1) is 18.8. The topological polar surface area (TPSA) is 37.3 Å². The summed E-state index contributed by atoms with van der Waals surface area (Å²) in [7, 11) is 0. The van der Waals surface area contributed by atoms with Gasteiger partial charge in [-0.15, -0.1) is 0 Å². The van der Waals surface area contributed by atoms with Crippen LogP contribution in [0.15, 0.2) is 24.3 Å². The lowest BCUT2D eigenvalue weighted by Gasteiger charge is -2.14. The molecule has 0 aliphatic heterocycles. The Balaban J connectivity index is 3.47. The Morgan fingerprint density at radius 2 is 1.22 bits per heavy atom. The third kappa shape index (κ3) is 4.89.